The number of hydrogen-bond acceptors (Lipinski definition) is 2. The topological polar surface area (TPSA) is 37.4 Å². The summed E-state index contributed by atoms with van der Waals surface area (Å²) in [5.41, 5.74) is -6.96. The van der Waals surface area contributed by atoms with Gasteiger partial charge in [0.1, 0.15) is 12.1 Å². The standard InChI is InChI=1S/C28H29F8NO2S/c1-18(29)4-5-19(2)40(3)25(14-15-37(17-25)24(39)21-8-6-20(16-38)7-9-21)22-10-12-23(13-11-22)26(30,27(31,32)33)28(34,35)36/h4-5,10-13,16,20-21H,1-3,6-9,14-15,17H2/b5-4-/t20?,21?,25-,40?/m0/s1. The number of likely N-dealkylation sites (tertiary alicyclic amines) is 1. The van der Waals surface area contributed by atoms with Gasteiger partial charge in [-0.1, -0.05) is 43.3 Å². The predicted octanol–water partition coefficient (Wildman–Crippen LogP) is 7.66. The first kappa shape index (κ1) is 31.8. The van der Waals surface area contributed by atoms with E-state index in [9.17, 15) is 44.7 Å². The highest BCUT2D eigenvalue weighted by molar-refractivity contribution is 8.18. The van der Waals surface area contributed by atoms with Crippen LogP contribution in [0.5, 0.6) is 0 Å². The molecule has 3 rings (SSSR count). The van der Waals surface area contributed by atoms with Crippen molar-refractivity contribution in [3.63, 3.8) is 0 Å². The molecule has 40 heavy (non-hydrogen) atoms. The summed E-state index contributed by atoms with van der Waals surface area (Å²) in [6, 6.07) is 2.87. The van der Waals surface area contributed by atoms with Gasteiger partial charge in [-0.15, -0.1) is 10.5 Å². The molecular formula is C28H29F8NO2S. The maximum atomic E-state index is 14.6. The predicted molar refractivity (Wildman–Crippen MR) is 139 cm³/mol. The Balaban J connectivity index is 2.00. The molecule has 2 fully saturated rings. The number of aldehydes is 1. The molecule has 1 aromatic carbocycles. The van der Waals surface area contributed by atoms with Crippen LogP contribution in [0, 0.1) is 11.8 Å². The molecule has 1 amide bonds. The zero-order valence-electron chi connectivity index (χ0n) is 21.5. The number of nitrogens with zero attached hydrogens (tertiary/aromatic N) is 1. The summed E-state index contributed by atoms with van der Waals surface area (Å²) in [4.78, 5) is 26.3. The zero-order chi connectivity index (χ0) is 30.1. The Kier molecular flexibility index (Phi) is 9.23. The summed E-state index contributed by atoms with van der Waals surface area (Å²) in [6.07, 6.45) is -6.89. The van der Waals surface area contributed by atoms with Gasteiger partial charge in [-0.2, -0.15) is 26.3 Å². The number of amides is 1. The van der Waals surface area contributed by atoms with Gasteiger partial charge in [0, 0.05) is 30.5 Å². The van der Waals surface area contributed by atoms with Crippen molar-refractivity contribution in [3.05, 3.63) is 71.4 Å². The molecule has 1 saturated carbocycles. The van der Waals surface area contributed by atoms with Gasteiger partial charge in [-0.05, 0) is 54.7 Å². The van der Waals surface area contributed by atoms with E-state index in [1.54, 1.807) is 4.90 Å². The lowest BCUT2D eigenvalue weighted by Crippen LogP contribution is -2.50. The maximum absolute atomic E-state index is 14.6. The number of halogens is 8. The summed E-state index contributed by atoms with van der Waals surface area (Å²) in [7, 11) is -1.14. The second-order valence-corrected chi connectivity index (χ2v) is 12.2. The molecule has 0 N–H and O–H groups in total. The Morgan fingerprint density at radius 1 is 0.950 bits per heavy atom. The molecule has 0 bridgehead atoms. The van der Waals surface area contributed by atoms with Crippen LogP contribution in [0.25, 0.3) is 0 Å². The Hall–Kier alpha value is -2.76. The second-order valence-electron chi connectivity index (χ2n) is 10.1. The van der Waals surface area contributed by atoms with E-state index in [0.29, 0.717) is 42.7 Å². The first-order valence-corrected chi connectivity index (χ1v) is 13.8. The Bertz CT molecular complexity index is 1180. The molecule has 1 aliphatic carbocycles. The molecule has 2 atom stereocenters. The largest absolute Gasteiger partial charge is 0.435 e. The van der Waals surface area contributed by atoms with Crippen molar-refractivity contribution < 1.29 is 44.7 Å². The molecule has 1 unspecified atom stereocenters. The van der Waals surface area contributed by atoms with E-state index in [1.165, 1.54) is 6.08 Å². The molecule has 1 aromatic rings. The minimum Gasteiger partial charge on any atom is -0.341 e. The van der Waals surface area contributed by atoms with E-state index in [0.717, 1.165) is 24.5 Å². The van der Waals surface area contributed by atoms with Gasteiger partial charge in [0.25, 0.3) is 0 Å². The van der Waals surface area contributed by atoms with Crippen LogP contribution in [0.1, 0.15) is 43.2 Å². The molecule has 220 valence electrons. The van der Waals surface area contributed by atoms with E-state index < -0.39 is 44.6 Å². The van der Waals surface area contributed by atoms with Gasteiger partial charge in [-0.25, -0.2) is 8.78 Å². The highest BCUT2D eigenvalue weighted by Crippen LogP contribution is 2.55. The van der Waals surface area contributed by atoms with Crippen LogP contribution in [0.15, 0.2) is 60.3 Å². The van der Waals surface area contributed by atoms with Crippen LogP contribution in [-0.4, -0.2) is 48.4 Å². The number of carbonyl (C=O) groups excluding carboxylic acids is 2. The first-order valence-electron chi connectivity index (χ1n) is 12.4. The Labute approximate surface area is 229 Å². The lowest BCUT2D eigenvalue weighted by molar-refractivity contribution is -0.348. The lowest BCUT2D eigenvalue weighted by Gasteiger charge is -2.35. The molecule has 2 aliphatic rings. The van der Waals surface area contributed by atoms with Crippen molar-refractivity contribution >= 4 is 28.5 Å². The third-order valence-corrected chi connectivity index (χ3v) is 9.97. The SMILES string of the molecule is C=C(F)/C=C\C(=C)S(=C)[C@@]1(c2ccc(C(F)(C(F)(F)F)C(F)(F)F)cc2)CCN(C(=O)C2CCC(C=O)CC2)C1. The molecule has 0 spiro atoms. The fraction of sp³-hybridized carbons (Fsp3) is 0.464. The van der Waals surface area contributed by atoms with Crippen molar-refractivity contribution in [2.24, 2.45) is 11.8 Å². The molecule has 1 saturated heterocycles. The monoisotopic (exact) mass is 595 g/mol. The van der Waals surface area contributed by atoms with E-state index in [-0.39, 0.29) is 42.8 Å². The van der Waals surface area contributed by atoms with Gasteiger partial charge >= 0.3 is 18.0 Å². The lowest BCUT2D eigenvalue weighted by atomic mass is 9.82. The number of alkyl halides is 7. The summed E-state index contributed by atoms with van der Waals surface area (Å²) in [5, 5.41) is 0. The van der Waals surface area contributed by atoms with E-state index >= 15 is 0 Å². The number of rotatable bonds is 8. The summed E-state index contributed by atoms with van der Waals surface area (Å²) >= 11 is 0. The molecule has 0 radical (unpaired) electrons. The van der Waals surface area contributed by atoms with Crippen molar-refractivity contribution in [1.82, 2.24) is 4.90 Å². The number of hydrogen-bond donors (Lipinski definition) is 0. The fourth-order valence-electron chi connectivity index (χ4n) is 5.32. The van der Waals surface area contributed by atoms with Crippen LogP contribution in [-0.2, 0) is 20.0 Å². The Morgan fingerprint density at radius 3 is 1.98 bits per heavy atom. The molecule has 12 heteroatoms. The normalized spacial score (nSPS) is 25.1. The zero-order valence-corrected chi connectivity index (χ0v) is 22.3. The number of benzene rings is 1. The van der Waals surface area contributed by atoms with E-state index in [1.807, 2.05) is 0 Å². The van der Waals surface area contributed by atoms with Gasteiger partial charge < -0.3 is 9.69 Å². The number of carbonyl (C=O) groups is 2. The second kappa shape index (κ2) is 11.6. The first-order chi connectivity index (χ1) is 18.5. The van der Waals surface area contributed by atoms with Gasteiger partial charge in [0.2, 0.25) is 5.91 Å². The fourth-order valence-corrected chi connectivity index (χ4v) is 7.12. The van der Waals surface area contributed by atoms with Gasteiger partial charge in [0.15, 0.2) is 0 Å². The summed E-state index contributed by atoms with van der Waals surface area (Å²) in [5.74, 6) is 2.75. The summed E-state index contributed by atoms with van der Waals surface area (Å²) in [6.45, 7) is 7.27. The third kappa shape index (κ3) is 5.96. The smallest absolute Gasteiger partial charge is 0.341 e. The molecule has 1 heterocycles. The highest BCUT2D eigenvalue weighted by Gasteiger charge is 2.73. The summed E-state index contributed by atoms with van der Waals surface area (Å²) < 4.78 is 107. The van der Waals surface area contributed by atoms with Crippen LogP contribution < -0.4 is 0 Å². The molecule has 1 aliphatic heterocycles. The van der Waals surface area contributed by atoms with Gasteiger partial charge in [-0.3, -0.25) is 4.79 Å². The van der Waals surface area contributed by atoms with Crippen LogP contribution >= 0.6 is 10.5 Å². The van der Waals surface area contributed by atoms with E-state index in [4.69, 9.17) is 0 Å². The highest BCUT2D eigenvalue weighted by atomic mass is 32.2. The van der Waals surface area contributed by atoms with Gasteiger partial charge in [0.05, 0.1) is 4.75 Å². The van der Waals surface area contributed by atoms with E-state index in [2.05, 4.69) is 19.0 Å². The maximum Gasteiger partial charge on any atom is 0.435 e. The van der Waals surface area contributed by atoms with Crippen molar-refractivity contribution in [1.29, 1.82) is 0 Å². The Morgan fingerprint density at radius 2 is 1.50 bits per heavy atom. The number of allylic oxidation sites excluding steroid dienone is 3. The third-order valence-electron chi connectivity index (χ3n) is 7.69. The minimum atomic E-state index is -6.26. The van der Waals surface area contributed by atoms with Crippen molar-refractivity contribution in [3.8, 4) is 0 Å². The molecule has 0 aromatic heterocycles. The minimum absolute atomic E-state index is 0.0220. The van der Waals surface area contributed by atoms with Crippen LogP contribution in [0.2, 0.25) is 0 Å². The molecular weight excluding hydrogens is 566 g/mol. The average molecular weight is 596 g/mol. The quantitative estimate of drug-likeness (QED) is 0.134. The van der Waals surface area contributed by atoms with Crippen LogP contribution in [0.4, 0.5) is 35.1 Å². The average Bonchev–Trinajstić information content (AvgIpc) is 3.36. The van der Waals surface area contributed by atoms with Crippen molar-refractivity contribution in [2.45, 2.75) is 54.9 Å². The molecule has 3 nitrogen and oxygen atoms in total. The van der Waals surface area contributed by atoms with Crippen LogP contribution in [0.3, 0.4) is 0 Å². The van der Waals surface area contributed by atoms with Crippen molar-refractivity contribution in [2.75, 3.05) is 13.1 Å².